The molecule has 3 aromatic rings. The van der Waals surface area contributed by atoms with Crippen LogP contribution in [0.1, 0.15) is 17.5 Å². The number of thiazole rings is 1. The molecule has 1 aliphatic rings. The predicted molar refractivity (Wildman–Crippen MR) is 116 cm³/mol. The number of sulfone groups is 1. The Kier molecular flexibility index (Phi) is 5.91. The third-order valence-corrected chi connectivity index (χ3v) is 7.28. The van der Waals surface area contributed by atoms with E-state index < -0.39 is 33.4 Å². The fourth-order valence-corrected chi connectivity index (χ4v) is 5.19. The van der Waals surface area contributed by atoms with Gasteiger partial charge in [0.25, 0.3) is 0 Å². The van der Waals surface area contributed by atoms with Crippen LogP contribution >= 0.6 is 11.3 Å². The fraction of sp³-hybridized carbons (Fsp3) is 0.286. The van der Waals surface area contributed by atoms with Gasteiger partial charge in [0.05, 0.1) is 26.6 Å². The van der Waals surface area contributed by atoms with Crippen LogP contribution in [0.3, 0.4) is 0 Å². The summed E-state index contributed by atoms with van der Waals surface area (Å²) in [4.78, 5) is 30.8. The number of rotatable bonds is 5. The van der Waals surface area contributed by atoms with Gasteiger partial charge in [-0.15, -0.1) is 0 Å². The van der Waals surface area contributed by atoms with Crippen molar-refractivity contribution in [2.75, 3.05) is 18.1 Å². The number of alkyl halides is 3. The molecule has 0 aliphatic carbocycles. The van der Waals surface area contributed by atoms with Crippen LogP contribution in [0.25, 0.3) is 10.2 Å². The van der Waals surface area contributed by atoms with Gasteiger partial charge < -0.3 is 10.2 Å². The molecule has 2 amide bonds. The third kappa shape index (κ3) is 5.17. The number of hydrogen-bond acceptors (Lipinski definition) is 6. The number of likely N-dealkylation sites (tertiary alicyclic amines) is 1. The lowest BCUT2D eigenvalue weighted by Crippen LogP contribution is -2.28. The molecule has 1 N–H and O–H groups in total. The highest BCUT2D eigenvalue weighted by atomic mass is 32.2. The molecule has 33 heavy (non-hydrogen) atoms. The van der Waals surface area contributed by atoms with Crippen molar-refractivity contribution in [1.82, 2.24) is 9.88 Å². The average Bonchev–Trinajstić information content (AvgIpc) is 3.29. The molecule has 0 bridgehead atoms. The fourth-order valence-electron chi connectivity index (χ4n) is 3.56. The molecule has 7 nitrogen and oxygen atoms in total. The van der Waals surface area contributed by atoms with Crippen molar-refractivity contribution in [3.8, 4) is 0 Å². The number of aromatic nitrogens is 1. The van der Waals surface area contributed by atoms with Crippen molar-refractivity contribution in [3.05, 3.63) is 53.6 Å². The first-order valence-electron chi connectivity index (χ1n) is 9.75. The number of carbonyl (C=O) groups excluding carboxylic acids is 2. The Labute approximate surface area is 191 Å². The number of halogens is 3. The first kappa shape index (κ1) is 23.2. The summed E-state index contributed by atoms with van der Waals surface area (Å²) in [6, 6.07) is 9.20. The molecule has 0 saturated carbocycles. The minimum Gasteiger partial charge on any atom is -0.338 e. The van der Waals surface area contributed by atoms with E-state index in [1.165, 1.54) is 29.2 Å². The zero-order chi connectivity index (χ0) is 24.0. The number of amides is 2. The SMILES string of the molecule is CS(=O)(=O)c1ccc2nc(NC(=O)C3CC(=O)N(Cc4cccc(C(F)(F)F)c4)C3)sc2c1. The predicted octanol–water partition coefficient (Wildman–Crippen LogP) is 3.71. The zero-order valence-corrected chi connectivity index (χ0v) is 18.9. The smallest absolute Gasteiger partial charge is 0.338 e. The van der Waals surface area contributed by atoms with Gasteiger partial charge in [0.15, 0.2) is 15.0 Å². The van der Waals surface area contributed by atoms with Crippen LogP contribution in [-0.4, -0.2) is 42.9 Å². The number of benzene rings is 2. The van der Waals surface area contributed by atoms with E-state index in [1.807, 2.05) is 0 Å². The summed E-state index contributed by atoms with van der Waals surface area (Å²) in [5.74, 6) is -1.44. The van der Waals surface area contributed by atoms with E-state index in [0.29, 0.717) is 15.8 Å². The lowest BCUT2D eigenvalue weighted by Gasteiger charge is -2.17. The molecule has 1 atom stereocenters. The molecule has 1 unspecified atom stereocenters. The number of hydrogen-bond donors (Lipinski definition) is 1. The highest BCUT2D eigenvalue weighted by Crippen LogP contribution is 2.31. The quantitative estimate of drug-likeness (QED) is 0.580. The number of anilines is 1. The lowest BCUT2D eigenvalue weighted by molar-refractivity contribution is -0.137. The topological polar surface area (TPSA) is 96.4 Å². The third-order valence-electron chi connectivity index (χ3n) is 5.23. The Morgan fingerprint density at radius 3 is 2.70 bits per heavy atom. The van der Waals surface area contributed by atoms with Crippen LogP contribution in [0.4, 0.5) is 18.3 Å². The van der Waals surface area contributed by atoms with Crippen molar-refractivity contribution in [2.45, 2.75) is 24.0 Å². The molecule has 1 aliphatic heterocycles. The molecule has 1 fully saturated rings. The Morgan fingerprint density at radius 2 is 2.00 bits per heavy atom. The van der Waals surface area contributed by atoms with Gasteiger partial charge in [0.1, 0.15) is 0 Å². The molecule has 1 aromatic heterocycles. The summed E-state index contributed by atoms with van der Waals surface area (Å²) in [5, 5.41) is 2.92. The van der Waals surface area contributed by atoms with E-state index in [9.17, 15) is 31.2 Å². The number of carbonyl (C=O) groups is 2. The maximum Gasteiger partial charge on any atom is 0.416 e. The van der Waals surface area contributed by atoms with E-state index in [0.717, 1.165) is 29.7 Å². The van der Waals surface area contributed by atoms with Crippen molar-refractivity contribution in [3.63, 3.8) is 0 Å². The monoisotopic (exact) mass is 497 g/mol. The first-order chi connectivity index (χ1) is 15.4. The number of fused-ring (bicyclic) bond motifs is 1. The van der Waals surface area contributed by atoms with Crippen LogP contribution < -0.4 is 5.32 Å². The van der Waals surface area contributed by atoms with Gasteiger partial charge in [-0.1, -0.05) is 23.5 Å². The average molecular weight is 498 g/mol. The van der Waals surface area contributed by atoms with Gasteiger partial charge in [0, 0.05) is 25.8 Å². The van der Waals surface area contributed by atoms with Gasteiger partial charge >= 0.3 is 6.18 Å². The second-order valence-electron chi connectivity index (χ2n) is 7.78. The van der Waals surface area contributed by atoms with Crippen molar-refractivity contribution >= 4 is 48.3 Å². The standard InChI is InChI=1S/C21H18F3N3O4S2/c1-33(30,31)15-5-6-16-17(9-15)32-20(25-16)26-19(29)13-8-18(28)27(11-13)10-12-3-2-4-14(7-12)21(22,23)24/h2-7,9,13H,8,10-11H2,1H3,(H,25,26,29). The second-order valence-corrected chi connectivity index (χ2v) is 10.8. The van der Waals surface area contributed by atoms with Gasteiger partial charge in [-0.3, -0.25) is 9.59 Å². The maximum atomic E-state index is 12.9. The largest absolute Gasteiger partial charge is 0.416 e. The van der Waals surface area contributed by atoms with E-state index >= 15 is 0 Å². The Hall–Kier alpha value is -2.99. The van der Waals surface area contributed by atoms with Gasteiger partial charge in [0.2, 0.25) is 11.8 Å². The Balaban J connectivity index is 1.43. The molecule has 1 saturated heterocycles. The van der Waals surface area contributed by atoms with Gasteiger partial charge in [-0.25, -0.2) is 13.4 Å². The Bertz CT molecular complexity index is 1350. The molecule has 12 heteroatoms. The summed E-state index contributed by atoms with van der Waals surface area (Å²) in [6.45, 7) is 0.0476. The highest BCUT2D eigenvalue weighted by molar-refractivity contribution is 7.90. The molecule has 2 heterocycles. The van der Waals surface area contributed by atoms with Crippen LogP contribution in [-0.2, 0) is 32.1 Å². The molecule has 0 radical (unpaired) electrons. The summed E-state index contributed by atoms with van der Waals surface area (Å²) < 4.78 is 62.8. The van der Waals surface area contributed by atoms with Crippen LogP contribution in [0, 0.1) is 5.92 Å². The van der Waals surface area contributed by atoms with Gasteiger partial charge in [-0.2, -0.15) is 13.2 Å². The minimum atomic E-state index is -4.48. The maximum absolute atomic E-state index is 12.9. The molecule has 2 aromatic carbocycles. The molecule has 0 spiro atoms. The highest BCUT2D eigenvalue weighted by Gasteiger charge is 2.35. The summed E-state index contributed by atoms with van der Waals surface area (Å²) in [6.07, 6.45) is -3.44. The van der Waals surface area contributed by atoms with Crippen molar-refractivity contribution in [2.24, 2.45) is 5.92 Å². The summed E-state index contributed by atoms with van der Waals surface area (Å²) in [5.41, 5.74) is 0.0549. The number of nitrogens with zero attached hydrogens (tertiary/aromatic N) is 2. The first-order valence-corrected chi connectivity index (χ1v) is 12.5. The van der Waals surface area contributed by atoms with E-state index in [4.69, 9.17) is 0 Å². The van der Waals surface area contributed by atoms with E-state index in [2.05, 4.69) is 10.3 Å². The van der Waals surface area contributed by atoms with E-state index in [-0.39, 0.29) is 35.4 Å². The Morgan fingerprint density at radius 1 is 1.24 bits per heavy atom. The summed E-state index contributed by atoms with van der Waals surface area (Å²) >= 11 is 1.11. The zero-order valence-electron chi connectivity index (χ0n) is 17.2. The van der Waals surface area contributed by atoms with Crippen LogP contribution in [0.15, 0.2) is 47.4 Å². The normalized spacial score (nSPS) is 17.0. The molecular formula is C21H18F3N3O4S2. The van der Waals surface area contributed by atoms with Crippen LogP contribution in [0.5, 0.6) is 0 Å². The second kappa shape index (κ2) is 8.41. The van der Waals surface area contributed by atoms with E-state index in [1.54, 1.807) is 6.07 Å². The molecule has 174 valence electrons. The molecular weight excluding hydrogens is 479 g/mol. The van der Waals surface area contributed by atoms with Crippen LogP contribution in [0.2, 0.25) is 0 Å². The van der Waals surface area contributed by atoms with Gasteiger partial charge in [-0.05, 0) is 35.9 Å². The molecule has 4 rings (SSSR count). The van der Waals surface area contributed by atoms with Crippen molar-refractivity contribution < 1.29 is 31.2 Å². The lowest BCUT2D eigenvalue weighted by atomic mass is 10.1. The minimum absolute atomic E-state index is 0.0259. The van der Waals surface area contributed by atoms with Crippen molar-refractivity contribution in [1.29, 1.82) is 0 Å². The number of nitrogens with one attached hydrogen (secondary N) is 1. The summed E-state index contributed by atoms with van der Waals surface area (Å²) in [7, 11) is -3.38.